The molecule has 0 saturated heterocycles. The lowest BCUT2D eigenvalue weighted by Gasteiger charge is -2.27. The molecule has 1 amide bonds. The van der Waals surface area contributed by atoms with Crippen LogP contribution < -0.4 is 16.8 Å². The lowest BCUT2D eigenvalue weighted by molar-refractivity contribution is -0.118. The van der Waals surface area contributed by atoms with Crippen LogP contribution in [0.3, 0.4) is 0 Å². The van der Waals surface area contributed by atoms with Crippen LogP contribution in [0.15, 0.2) is 12.1 Å². The molecule has 0 spiro atoms. The SMILES string of the molecule is CC(C)(CC(N)=O)Nc1cc(F)cc(F)c1N. The third-order valence-electron chi connectivity index (χ3n) is 2.18. The summed E-state index contributed by atoms with van der Waals surface area (Å²) in [6.07, 6.45) is 0.0184. The highest BCUT2D eigenvalue weighted by Gasteiger charge is 2.22. The molecule has 0 aliphatic carbocycles. The summed E-state index contributed by atoms with van der Waals surface area (Å²) in [7, 11) is 0. The number of primary amides is 1. The number of hydrogen-bond donors (Lipinski definition) is 3. The maximum Gasteiger partial charge on any atom is 0.219 e. The number of nitrogens with one attached hydrogen (secondary N) is 1. The van der Waals surface area contributed by atoms with Gasteiger partial charge in [0, 0.05) is 18.0 Å². The first kappa shape index (κ1) is 13.2. The van der Waals surface area contributed by atoms with Crippen molar-refractivity contribution < 1.29 is 13.6 Å². The molecule has 94 valence electrons. The van der Waals surface area contributed by atoms with Crippen molar-refractivity contribution >= 4 is 17.3 Å². The Morgan fingerprint density at radius 3 is 2.53 bits per heavy atom. The highest BCUT2D eigenvalue weighted by atomic mass is 19.1. The highest BCUT2D eigenvalue weighted by Crippen LogP contribution is 2.27. The molecule has 0 saturated carbocycles. The van der Waals surface area contributed by atoms with E-state index in [4.69, 9.17) is 11.5 Å². The Kier molecular flexibility index (Phi) is 3.55. The molecule has 0 bridgehead atoms. The van der Waals surface area contributed by atoms with Crippen molar-refractivity contribution in [3.63, 3.8) is 0 Å². The maximum atomic E-state index is 13.2. The summed E-state index contributed by atoms with van der Waals surface area (Å²) in [5.74, 6) is -2.10. The number of rotatable bonds is 4. The minimum absolute atomic E-state index is 0.0184. The Balaban J connectivity index is 2.98. The van der Waals surface area contributed by atoms with Gasteiger partial charge in [0.15, 0.2) is 5.82 Å². The van der Waals surface area contributed by atoms with Crippen molar-refractivity contribution in [2.24, 2.45) is 5.73 Å². The van der Waals surface area contributed by atoms with Gasteiger partial charge in [-0.1, -0.05) is 0 Å². The summed E-state index contributed by atoms with van der Waals surface area (Å²) in [6, 6.07) is 1.77. The summed E-state index contributed by atoms with van der Waals surface area (Å²) in [6.45, 7) is 3.36. The second-order valence-electron chi connectivity index (χ2n) is 4.50. The minimum Gasteiger partial charge on any atom is -0.395 e. The molecule has 0 atom stereocenters. The van der Waals surface area contributed by atoms with E-state index in [1.165, 1.54) is 0 Å². The second kappa shape index (κ2) is 4.57. The normalized spacial score (nSPS) is 11.3. The van der Waals surface area contributed by atoms with E-state index in [0.29, 0.717) is 6.07 Å². The molecule has 1 aromatic rings. The van der Waals surface area contributed by atoms with Crippen LogP contribution in [0, 0.1) is 11.6 Å². The summed E-state index contributed by atoms with van der Waals surface area (Å²) in [4.78, 5) is 10.8. The fourth-order valence-corrected chi connectivity index (χ4v) is 1.53. The molecule has 5 N–H and O–H groups in total. The second-order valence-corrected chi connectivity index (χ2v) is 4.50. The van der Waals surface area contributed by atoms with Gasteiger partial charge in [-0.3, -0.25) is 4.79 Å². The molecule has 0 aliphatic heterocycles. The van der Waals surface area contributed by atoms with Gasteiger partial charge in [0.2, 0.25) is 5.91 Å². The van der Waals surface area contributed by atoms with Crippen LogP contribution in [0.5, 0.6) is 0 Å². The molecule has 6 heteroatoms. The van der Waals surface area contributed by atoms with Crippen LogP contribution in [0.2, 0.25) is 0 Å². The molecule has 0 fully saturated rings. The standard InChI is InChI=1S/C11H15F2N3O/c1-11(2,5-9(14)17)16-8-4-6(12)3-7(13)10(8)15/h3-4,16H,5,15H2,1-2H3,(H2,14,17). The zero-order chi connectivity index (χ0) is 13.2. The smallest absolute Gasteiger partial charge is 0.219 e. The zero-order valence-electron chi connectivity index (χ0n) is 9.68. The monoisotopic (exact) mass is 243 g/mol. The topological polar surface area (TPSA) is 81.1 Å². The van der Waals surface area contributed by atoms with E-state index in [1.54, 1.807) is 13.8 Å². The summed E-state index contributed by atoms with van der Waals surface area (Å²) in [5.41, 5.74) is 9.72. The molecule has 4 nitrogen and oxygen atoms in total. The number of anilines is 2. The van der Waals surface area contributed by atoms with Crippen LogP contribution in [-0.4, -0.2) is 11.4 Å². The fraction of sp³-hybridized carbons (Fsp3) is 0.364. The van der Waals surface area contributed by atoms with Crippen LogP contribution >= 0.6 is 0 Å². The molecule has 1 aromatic carbocycles. The van der Waals surface area contributed by atoms with Crippen molar-refractivity contribution in [1.29, 1.82) is 0 Å². The number of amides is 1. The molecule has 0 heterocycles. The van der Waals surface area contributed by atoms with E-state index in [2.05, 4.69) is 5.32 Å². The average molecular weight is 243 g/mol. The summed E-state index contributed by atoms with van der Waals surface area (Å²) in [5, 5.41) is 2.79. The summed E-state index contributed by atoms with van der Waals surface area (Å²) < 4.78 is 26.2. The first-order valence-electron chi connectivity index (χ1n) is 5.02. The number of benzene rings is 1. The predicted molar refractivity (Wildman–Crippen MR) is 62.3 cm³/mol. The van der Waals surface area contributed by atoms with Crippen LogP contribution in [0.25, 0.3) is 0 Å². The molecule has 0 unspecified atom stereocenters. The van der Waals surface area contributed by atoms with Crippen LogP contribution in [-0.2, 0) is 4.79 Å². The van der Waals surface area contributed by atoms with Crippen LogP contribution in [0.4, 0.5) is 20.2 Å². The quantitative estimate of drug-likeness (QED) is 0.703. The number of carbonyl (C=O) groups excluding carboxylic acids is 1. The Morgan fingerprint density at radius 2 is 2.00 bits per heavy atom. The third kappa shape index (κ3) is 3.58. The molecular weight excluding hydrogens is 228 g/mol. The molecule has 0 radical (unpaired) electrons. The minimum atomic E-state index is -0.845. The fourth-order valence-electron chi connectivity index (χ4n) is 1.53. The van der Waals surface area contributed by atoms with E-state index < -0.39 is 23.1 Å². The van der Waals surface area contributed by atoms with Gasteiger partial charge in [-0.25, -0.2) is 8.78 Å². The van der Waals surface area contributed by atoms with Crippen molar-refractivity contribution in [3.05, 3.63) is 23.8 Å². The Bertz CT molecular complexity index is 447. The van der Waals surface area contributed by atoms with Gasteiger partial charge < -0.3 is 16.8 Å². The molecule has 1 rings (SSSR count). The number of halogens is 2. The van der Waals surface area contributed by atoms with E-state index >= 15 is 0 Å². The molecule has 0 aromatic heterocycles. The molecule has 0 aliphatic rings. The van der Waals surface area contributed by atoms with Crippen molar-refractivity contribution in [1.82, 2.24) is 0 Å². The van der Waals surface area contributed by atoms with Crippen molar-refractivity contribution in [2.75, 3.05) is 11.1 Å². The number of carbonyl (C=O) groups is 1. The van der Waals surface area contributed by atoms with Gasteiger partial charge >= 0.3 is 0 Å². The largest absolute Gasteiger partial charge is 0.395 e. The van der Waals surface area contributed by atoms with Crippen LogP contribution in [0.1, 0.15) is 20.3 Å². The molecular formula is C11H15F2N3O. The number of hydrogen-bond acceptors (Lipinski definition) is 3. The number of nitrogen functional groups attached to an aromatic ring is 1. The highest BCUT2D eigenvalue weighted by molar-refractivity contribution is 5.76. The van der Waals surface area contributed by atoms with E-state index in [-0.39, 0.29) is 17.8 Å². The first-order chi connectivity index (χ1) is 7.71. The van der Waals surface area contributed by atoms with Gasteiger partial charge in [-0.15, -0.1) is 0 Å². The first-order valence-corrected chi connectivity index (χ1v) is 5.02. The predicted octanol–water partition coefficient (Wildman–Crippen LogP) is 1.61. The average Bonchev–Trinajstić information content (AvgIpc) is 2.10. The van der Waals surface area contributed by atoms with Gasteiger partial charge in [-0.2, -0.15) is 0 Å². The maximum absolute atomic E-state index is 13.2. The summed E-state index contributed by atoms with van der Waals surface area (Å²) >= 11 is 0. The van der Waals surface area contributed by atoms with Crippen molar-refractivity contribution in [2.45, 2.75) is 25.8 Å². The van der Waals surface area contributed by atoms with Gasteiger partial charge in [0.1, 0.15) is 5.82 Å². The van der Waals surface area contributed by atoms with Gasteiger partial charge in [-0.05, 0) is 19.9 Å². The van der Waals surface area contributed by atoms with Gasteiger partial charge in [0.05, 0.1) is 11.4 Å². The third-order valence-corrected chi connectivity index (χ3v) is 2.18. The number of nitrogens with two attached hydrogens (primary N) is 2. The van der Waals surface area contributed by atoms with Gasteiger partial charge in [0.25, 0.3) is 0 Å². The zero-order valence-corrected chi connectivity index (χ0v) is 9.68. The molecule has 17 heavy (non-hydrogen) atoms. The van der Waals surface area contributed by atoms with Crippen molar-refractivity contribution in [3.8, 4) is 0 Å². The van der Waals surface area contributed by atoms with E-state index in [0.717, 1.165) is 6.07 Å². The van der Waals surface area contributed by atoms with E-state index in [9.17, 15) is 13.6 Å². The van der Waals surface area contributed by atoms with E-state index in [1.807, 2.05) is 0 Å². The lowest BCUT2D eigenvalue weighted by Crippen LogP contribution is -2.36. The Morgan fingerprint density at radius 1 is 1.41 bits per heavy atom. The lowest BCUT2D eigenvalue weighted by atomic mass is 9.99. The Hall–Kier alpha value is -1.85. The Labute approximate surface area is 98.0 Å².